The summed E-state index contributed by atoms with van der Waals surface area (Å²) in [7, 11) is 0. The van der Waals surface area contributed by atoms with Gasteiger partial charge in [0.2, 0.25) is 0 Å². The minimum atomic E-state index is -1.60. The van der Waals surface area contributed by atoms with E-state index in [2.05, 4.69) is 6.58 Å². The Labute approximate surface area is 133 Å². The quantitative estimate of drug-likeness (QED) is 0.173. The van der Waals surface area contributed by atoms with Gasteiger partial charge >= 0.3 is 0 Å². The lowest BCUT2D eigenvalue weighted by Gasteiger charge is -2.26. The first-order valence-electron chi connectivity index (χ1n) is 8.10. The van der Waals surface area contributed by atoms with Gasteiger partial charge in [-0.15, -0.1) is 6.58 Å². The lowest BCUT2D eigenvalue weighted by atomic mass is 10.1. The van der Waals surface area contributed by atoms with Gasteiger partial charge in [-0.25, -0.2) is 0 Å². The number of aliphatic hydroxyl groups excluding tert-OH is 5. The van der Waals surface area contributed by atoms with Crippen molar-refractivity contribution in [1.82, 2.24) is 0 Å². The molecule has 0 saturated heterocycles. The van der Waals surface area contributed by atoms with Crippen molar-refractivity contribution in [2.75, 3.05) is 13.2 Å². The second-order valence-corrected chi connectivity index (χ2v) is 5.52. The Balaban J connectivity index is 3.63. The number of unbranched alkanes of at least 4 members (excludes halogenated alkanes) is 6. The molecule has 0 aliphatic carbocycles. The minimum absolute atomic E-state index is 0.0726. The van der Waals surface area contributed by atoms with Gasteiger partial charge in [0.25, 0.3) is 0 Å². The highest BCUT2D eigenvalue weighted by Gasteiger charge is 2.30. The number of allylic oxidation sites excluding steroid dienone is 1. The molecule has 0 radical (unpaired) electrons. The molecule has 22 heavy (non-hydrogen) atoms. The number of hydrogen-bond donors (Lipinski definition) is 5. The van der Waals surface area contributed by atoms with E-state index in [0.29, 0.717) is 0 Å². The molecular formula is C16H32O6. The number of rotatable bonds is 15. The predicted octanol–water partition coefficient (Wildman–Crippen LogP) is 0.703. The van der Waals surface area contributed by atoms with Crippen molar-refractivity contribution in [3.63, 3.8) is 0 Å². The first kappa shape index (κ1) is 21.5. The van der Waals surface area contributed by atoms with Crippen LogP contribution in [0.4, 0.5) is 0 Å². The van der Waals surface area contributed by atoms with Crippen molar-refractivity contribution in [1.29, 1.82) is 0 Å². The van der Waals surface area contributed by atoms with Gasteiger partial charge in [-0.3, -0.25) is 0 Å². The molecule has 5 N–H and O–H groups in total. The van der Waals surface area contributed by atoms with Crippen molar-refractivity contribution >= 4 is 0 Å². The summed E-state index contributed by atoms with van der Waals surface area (Å²) in [5.41, 5.74) is 0. The average molecular weight is 320 g/mol. The molecule has 0 aliphatic heterocycles. The molecule has 6 heteroatoms. The van der Waals surface area contributed by atoms with Crippen LogP contribution in [0, 0.1) is 0 Å². The highest BCUT2D eigenvalue weighted by atomic mass is 16.6. The normalized spacial score (nSPS) is 17.0. The molecular weight excluding hydrogens is 288 g/mol. The Morgan fingerprint density at radius 3 is 2.05 bits per heavy atom. The van der Waals surface area contributed by atoms with Crippen LogP contribution in [0.5, 0.6) is 0 Å². The summed E-state index contributed by atoms with van der Waals surface area (Å²) in [4.78, 5) is 0. The third-order valence-electron chi connectivity index (χ3n) is 3.55. The molecule has 0 fully saturated rings. The summed E-state index contributed by atoms with van der Waals surface area (Å²) in [5, 5.41) is 46.9. The van der Waals surface area contributed by atoms with Crippen molar-refractivity contribution in [2.45, 2.75) is 76.0 Å². The minimum Gasteiger partial charge on any atom is -0.396 e. The highest BCUT2D eigenvalue weighted by Crippen LogP contribution is 2.11. The van der Waals surface area contributed by atoms with E-state index >= 15 is 0 Å². The summed E-state index contributed by atoms with van der Waals surface area (Å²) in [5.74, 6) is 0. The van der Waals surface area contributed by atoms with Gasteiger partial charge in [-0.2, -0.15) is 0 Å². The van der Waals surface area contributed by atoms with Crippen LogP contribution >= 0.6 is 0 Å². The molecule has 6 nitrogen and oxygen atoms in total. The molecule has 0 heterocycles. The fourth-order valence-corrected chi connectivity index (χ4v) is 2.10. The molecule has 0 bridgehead atoms. The molecule has 4 atom stereocenters. The molecule has 4 unspecified atom stereocenters. The van der Waals surface area contributed by atoms with E-state index in [1.165, 1.54) is 12.8 Å². The summed E-state index contributed by atoms with van der Waals surface area (Å²) >= 11 is 0. The molecule has 0 rings (SSSR count). The van der Waals surface area contributed by atoms with E-state index in [-0.39, 0.29) is 19.6 Å². The lowest BCUT2D eigenvalue weighted by Crippen LogP contribution is -2.45. The fraction of sp³-hybridized carbons (Fsp3) is 0.875. The summed E-state index contributed by atoms with van der Waals surface area (Å²) < 4.78 is 5.06. The van der Waals surface area contributed by atoms with Crippen molar-refractivity contribution in [3.8, 4) is 0 Å². The van der Waals surface area contributed by atoms with E-state index < -0.39 is 24.6 Å². The van der Waals surface area contributed by atoms with E-state index in [1.807, 2.05) is 6.08 Å². The third kappa shape index (κ3) is 10.3. The smallest absolute Gasteiger partial charge is 0.183 e. The zero-order valence-electron chi connectivity index (χ0n) is 13.3. The van der Waals surface area contributed by atoms with Gasteiger partial charge in [0.05, 0.1) is 6.10 Å². The molecule has 132 valence electrons. The SMILES string of the molecule is C=CCCCCCCCCOC(O)C(O)C(O)C(O)CCO. The van der Waals surface area contributed by atoms with E-state index in [4.69, 9.17) is 9.84 Å². The van der Waals surface area contributed by atoms with Crippen LogP contribution in [0.1, 0.15) is 51.4 Å². The van der Waals surface area contributed by atoms with Gasteiger partial charge in [-0.05, 0) is 25.7 Å². The van der Waals surface area contributed by atoms with Crippen LogP contribution in [0.3, 0.4) is 0 Å². The van der Waals surface area contributed by atoms with Gasteiger partial charge in [-0.1, -0.05) is 31.8 Å². The zero-order chi connectivity index (χ0) is 16.8. The fourth-order valence-electron chi connectivity index (χ4n) is 2.10. The Morgan fingerprint density at radius 1 is 0.864 bits per heavy atom. The average Bonchev–Trinajstić information content (AvgIpc) is 2.51. The Bertz CT molecular complexity index is 261. The largest absolute Gasteiger partial charge is 0.396 e. The second kappa shape index (κ2) is 14.1. The molecule has 0 aromatic carbocycles. The Kier molecular flexibility index (Phi) is 13.8. The number of hydrogen-bond acceptors (Lipinski definition) is 6. The molecule has 0 spiro atoms. The molecule has 0 amide bonds. The summed E-state index contributed by atoms with van der Waals surface area (Å²) in [6.45, 7) is 3.65. The van der Waals surface area contributed by atoms with E-state index in [1.54, 1.807) is 0 Å². The van der Waals surface area contributed by atoms with Crippen LogP contribution < -0.4 is 0 Å². The number of aliphatic hydroxyl groups is 5. The Hall–Kier alpha value is -0.500. The Morgan fingerprint density at radius 2 is 1.45 bits per heavy atom. The highest BCUT2D eigenvalue weighted by molar-refractivity contribution is 4.77. The maximum Gasteiger partial charge on any atom is 0.183 e. The lowest BCUT2D eigenvalue weighted by molar-refractivity contribution is -0.203. The van der Waals surface area contributed by atoms with Gasteiger partial charge < -0.3 is 30.3 Å². The van der Waals surface area contributed by atoms with Gasteiger partial charge in [0, 0.05) is 13.2 Å². The predicted molar refractivity (Wildman–Crippen MR) is 84.2 cm³/mol. The van der Waals surface area contributed by atoms with Gasteiger partial charge in [0.15, 0.2) is 6.29 Å². The van der Waals surface area contributed by atoms with Crippen LogP contribution in [0.2, 0.25) is 0 Å². The molecule has 0 aromatic heterocycles. The first-order valence-corrected chi connectivity index (χ1v) is 8.10. The van der Waals surface area contributed by atoms with Gasteiger partial charge in [0.1, 0.15) is 12.2 Å². The molecule has 0 saturated carbocycles. The molecule has 0 aromatic rings. The van der Waals surface area contributed by atoms with Crippen LogP contribution in [-0.4, -0.2) is 63.3 Å². The zero-order valence-corrected chi connectivity index (χ0v) is 13.3. The molecule has 0 aliphatic rings. The monoisotopic (exact) mass is 320 g/mol. The summed E-state index contributed by atoms with van der Waals surface area (Å²) in [6, 6.07) is 0. The van der Waals surface area contributed by atoms with E-state index in [0.717, 1.165) is 32.1 Å². The van der Waals surface area contributed by atoms with Crippen molar-refractivity contribution in [3.05, 3.63) is 12.7 Å². The third-order valence-corrected chi connectivity index (χ3v) is 3.55. The van der Waals surface area contributed by atoms with Crippen LogP contribution in [0.25, 0.3) is 0 Å². The maximum atomic E-state index is 9.63. The van der Waals surface area contributed by atoms with Crippen molar-refractivity contribution in [2.24, 2.45) is 0 Å². The summed E-state index contributed by atoms with van der Waals surface area (Å²) in [6.07, 6.45) is 3.26. The van der Waals surface area contributed by atoms with Crippen LogP contribution in [0.15, 0.2) is 12.7 Å². The van der Waals surface area contributed by atoms with Crippen LogP contribution in [-0.2, 0) is 4.74 Å². The second-order valence-electron chi connectivity index (χ2n) is 5.52. The topological polar surface area (TPSA) is 110 Å². The van der Waals surface area contributed by atoms with E-state index in [9.17, 15) is 20.4 Å². The standard InChI is InChI=1S/C16H32O6/c1-2-3-4-5-6-7-8-9-12-22-16(21)15(20)14(19)13(18)10-11-17/h2,13-21H,1,3-12H2. The van der Waals surface area contributed by atoms with Crippen molar-refractivity contribution < 1.29 is 30.3 Å². The maximum absolute atomic E-state index is 9.63. The number of ether oxygens (including phenoxy) is 1. The first-order chi connectivity index (χ1) is 10.5.